The van der Waals surface area contributed by atoms with Crippen LogP contribution in [0.4, 0.5) is 0 Å². The van der Waals surface area contributed by atoms with E-state index in [1.165, 1.54) is 12.8 Å². The van der Waals surface area contributed by atoms with Gasteiger partial charge in [0.15, 0.2) is 0 Å². The van der Waals surface area contributed by atoms with E-state index in [-0.39, 0.29) is 23.6 Å². The highest BCUT2D eigenvalue weighted by Crippen LogP contribution is 2.40. The summed E-state index contributed by atoms with van der Waals surface area (Å²) in [7, 11) is 0. The van der Waals surface area contributed by atoms with Crippen LogP contribution in [0.25, 0.3) is 0 Å². The lowest BCUT2D eigenvalue weighted by Crippen LogP contribution is -2.46. The van der Waals surface area contributed by atoms with Crippen molar-refractivity contribution in [3.8, 4) is 0 Å². The molecule has 1 unspecified atom stereocenters. The summed E-state index contributed by atoms with van der Waals surface area (Å²) < 4.78 is 5.92. The van der Waals surface area contributed by atoms with Crippen LogP contribution in [0.5, 0.6) is 0 Å². The lowest BCUT2D eigenvalue weighted by molar-refractivity contribution is -0.123. The molecule has 3 N–H and O–H groups in total. The topological polar surface area (TPSA) is 64.4 Å². The second-order valence-electron chi connectivity index (χ2n) is 6.35. The Labute approximate surface area is 110 Å². The molecule has 1 spiro atoms. The van der Waals surface area contributed by atoms with Gasteiger partial charge in [-0.25, -0.2) is 0 Å². The van der Waals surface area contributed by atoms with Crippen LogP contribution in [0.1, 0.15) is 52.4 Å². The predicted octanol–water partition coefficient (Wildman–Crippen LogP) is 1.58. The number of nitrogens with two attached hydrogens (primary N) is 1. The molecule has 1 saturated carbocycles. The third-order valence-electron chi connectivity index (χ3n) is 4.13. The number of ether oxygens (including phenoxy) is 1. The van der Waals surface area contributed by atoms with Crippen LogP contribution in [-0.2, 0) is 9.53 Å². The smallest absolute Gasteiger partial charge is 0.237 e. The first-order valence-electron chi connectivity index (χ1n) is 7.21. The Kier molecular flexibility index (Phi) is 4.28. The third kappa shape index (κ3) is 3.23. The molecular weight excluding hydrogens is 228 g/mol. The number of hydrogen-bond donors (Lipinski definition) is 2. The van der Waals surface area contributed by atoms with Crippen molar-refractivity contribution >= 4 is 5.91 Å². The molecular formula is C14H26N2O2. The molecule has 0 aromatic heterocycles. The third-order valence-corrected chi connectivity index (χ3v) is 4.13. The number of amides is 1. The van der Waals surface area contributed by atoms with Gasteiger partial charge in [0.25, 0.3) is 0 Å². The lowest BCUT2D eigenvalue weighted by Gasteiger charge is -2.22. The molecule has 1 aliphatic carbocycles. The second kappa shape index (κ2) is 5.57. The van der Waals surface area contributed by atoms with Crippen molar-refractivity contribution in [1.82, 2.24) is 5.32 Å². The Hall–Kier alpha value is -0.610. The first kappa shape index (κ1) is 13.8. The van der Waals surface area contributed by atoms with Crippen molar-refractivity contribution in [2.24, 2.45) is 11.7 Å². The highest BCUT2D eigenvalue weighted by atomic mass is 16.5. The van der Waals surface area contributed by atoms with Gasteiger partial charge in [0, 0.05) is 0 Å². The summed E-state index contributed by atoms with van der Waals surface area (Å²) in [6.07, 6.45) is 6.52. The highest BCUT2D eigenvalue weighted by Gasteiger charge is 2.42. The van der Waals surface area contributed by atoms with Crippen molar-refractivity contribution in [2.45, 2.75) is 70.1 Å². The average Bonchev–Trinajstić information content (AvgIpc) is 2.89. The van der Waals surface area contributed by atoms with Crippen LogP contribution < -0.4 is 11.1 Å². The highest BCUT2D eigenvalue weighted by molar-refractivity contribution is 5.81. The molecule has 4 heteroatoms. The molecule has 0 radical (unpaired) electrons. The fourth-order valence-electron chi connectivity index (χ4n) is 3.23. The van der Waals surface area contributed by atoms with E-state index in [2.05, 4.69) is 19.2 Å². The summed E-state index contributed by atoms with van der Waals surface area (Å²) in [5, 5.41) is 3.05. The summed E-state index contributed by atoms with van der Waals surface area (Å²) in [6.45, 7) is 4.82. The van der Waals surface area contributed by atoms with E-state index in [1.807, 2.05) is 0 Å². The minimum atomic E-state index is -0.384. The largest absolute Gasteiger partial charge is 0.373 e. The molecule has 2 aliphatic rings. The van der Waals surface area contributed by atoms with E-state index in [0.29, 0.717) is 12.5 Å². The zero-order valence-corrected chi connectivity index (χ0v) is 11.6. The summed E-state index contributed by atoms with van der Waals surface area (Å²) >= 11 is 0. The number of hydrogen-bond acceptors (Lipinski definition) is 3. The molecule has 0 aromatic carbocycles. The van der Waals surface area contributed by atoms with E-state index in [9.17, 15) is 4.79 Å². The zero-order chi connectivity index (χ0) is 13.2. The minimum absolute atomic E-state index is 0.0210. The number of rotatable bonds is 4. The van der Waals surface area contributed by atoms with Gasteiger partial charge >= 0.3 is 0 Å². The van der Waals surface area contributed by atoms with E-state index in [4.69, 9.17) is 10.5 Å². The summed E-state index contributed by atoms with van der Waals surface area (Å²) in [5.74, 6) is 0.430. The zero-order valence-electron chi connectivity index (χ0n) is 11.6. The van der Waals surface area contributed by atoms with Crippen molar-refractivity contribution in [3.63, 3.8) is 0 Å². The van der Waals surface area contributed by atoms with Crippen LogP contribution in [0.3, 0.4) is 0 Å². The van der Waals surface area contributed by atoms with Gasteiger partial charge in [-0.2, -0.15) is 0 Å². The van der Waals surface area contributed by atoms with Crippen LogP contribution in [0.2, 0.25) is 0 Å². The number of carbonyl (C=O) groups excluding carboxylic acids is 1. The van der Waals surface area contributed by atoms with Gasteiger partial charge < -0.3 is 15.8 Å². The minimum Gasteiger partial charge on any atom is -0.373 e. The fourth-order valence-corrected chi connectivity index (χ4v) is 3.23. The molecule has 1 aliphatic heterocycles. The maximum atomic E-state index is 11.9. The molecule has 18 heavy (non-hydrogen) atoms. The Morgan fingerprint density at radius 2 is 2.11 bits per heavy atom. The number of nitrogens with one attached hydrogen (secondary N) is 1. The Morgan fingerprint density at radius 3 is 2.72 bits per heavy atom. The van der Waals surface area contributed by atoms with Gasteiger partial charge in [-0.15, -0.1) is 0 Å². The normalized spacial score (nSPS) is 27.9. The van der Waals surface area contributed by atoms with Crippen molar-refractivity contribution in [3.05, 3.63) is 0 Å². The first-order chi connectivity index (χ1) is 8.51. The Morgan fingerprint density at radius 1 is 1.44 bits per heavy atom. The first-order valence-corrected chi connectivity index (χ1v) is 7.21. The molecule has 0 bridgehead atoms. The van der Waals surface area contributed by atoms with Gasteiger partial charge in [0.2, 0.25) is 5.91 Å². The maximum absolute atomic E-state index is 11.9. The molecule has 1 saturated heterocycles. The molecule has 1 heterocycles. The fraction of sp³-hybridized carbons (Fsp3) is 0.929. The Bertz CT molecular complexity index is 298. The van der Waals surface area contributed by atoms with E-state index in [1.54, 1.807) is 0 Å². The summed E-state index contributed by atoms with van der Waals surface area (Å²) in [5.41, 5.74) is 5.96. The monoisotopic (exact) mass is 254 g/mol. The van der Waals surface area contributed by atoms with Crippen molar-refractivity contribution in [2.75, 3.05) is 6.61 Å². The predicted molar refractivity (Wildman–Crippen MR) is 71.1 cm³/mol. The van der Waals surface area contributed by atoms with Gasteiger partial charge in [-0.05, 0) is 31.6 Å². The lowest BCUT2D eigenvalue weighted by atomic mass is 9.96. The van der Waals surface area contributed by atoms with E-state index >= 15 is 0 Å². The molecule has 104 valence electrons. The molecule has 1 amide bonds. The van der Waals surface area contributed by atoms with Gasteiger partial charge in [0.05, 0.1) is 24.3 Å². The molecule has 2 atom stereocenters. The summed E-state index contributed by atoms with van der Waals surface area (Å²) in [4.78, 5) is 11.9. The molecule has 0 aromatic rings. The Balaban J connectivity index is 1.78. The quantitative estimate of drug-likeness (QED) is 0.800. The second-order valence-corrected chi connectivity index (χ2v) is 6.35. The standard InChI is InChI=1S/C14H26N2O2/c1-10(2)7-12(15)13(17)16-11-8-14(18-9-11)5-3-4-6-14/h10-12H,3-9,15H2,1-2H3,(H,16,17)/t11?,12-/m0/s1. The average molecular weight is 254 g/mol. The van der Waals surface area contributed by atoms with Crippen LogP contribution in [0.15, 0.2) is 0 Å². The van der Waals surface area contributed by atoms with Crippen LogP contribution in [-0.4, -0.2) is 30.2 Å². The molecule has 4 nitrogen and oxygen atoms in total. The van der Waals surface area contributed by atoms with E-state index < -0.39 is 0 Å². The van der Waals surface area contributed by atoms with Crippen LogP contribution >= 0.6 is 0 Å². The maximum Gasteiger partial charge on any atom is 0.237 e. The number of carbonyl (C=O) groups is 1. The molecule has 2 rings (SSSR count). The van der Waals surface area contributed by atoms with Crippen molar-refractivity contribution < 1.29 is 9.53 Å². The van der Waals surface area contributed by atoms with Gasteiger partial charge in [0.1, 0.15) is 0 Å². The SMILES string of the molecule is CC(C)C[C@H](N)C(=O)NC1COC2(CCCC2)C1. The summed E-state index contributed by atoms with van der Waals surface area (Å²) in [6, 6.07) is -0.223. The molecule has 2 fully saturated rings. The van der Waals surface area contributed by atoms with Crippen LogP contribution in [0, 0.1) is 5.92 Å². The van der Waals surface area contributed by atoms with Gasteiger partial charge in [-0.1, -0.05) is 26.7 Å². The van der Waals surface area contributed by atoms with Crippen molar-refractivity contribution in [1.29, 1.82) is 0 Å². The van der Waals surface area contributed by atoms with Gasteiger partial charge in [-0.3, -0.25) is 4.79 Å². The van der Waals surface area contributed by atoms with E-state index in [0.717, 1.165) is 25.7 Å².